The van der Waals surface area contributed by atoms with E-state index in [0.717, 1.165) is 0 Å². The number of benzene rings is 1. The molecule has 0 heterocycles. The number of aliphatic carboxylic acids is 1. The molecule has 5 nitrogen and oxygen atoms in total. The van der Waals surface area contributed by atoms with Gasteiger partial charge in [0.25, 0.3) is 0 Å². The molecule has 0 amide bonds. The Morgan fingerprint density at radius 2 is 2.08 bits per heavy atom. The lowest BCUT2D eigenvalue weighted by atomic mass is 9.80. The number of nitrogens with two attached hydrogens (primary N) is 1. The Balaban J connectivity index is 2.29. The van der Waals surface area contributed by atoms with Gasteiger partial charge < -0.3 is 20.9 Å². The summed E-state index contributed by atoms with van der Waals surface area (Å²) in [6.45, 7) is 3.80. The third-order valence-corrected chi connectivity index (χ3v) is 4.93. The van der Waals surface area contributed by atoms with Crippen LogP contribution in [-0.4, -0.2) is 28.2 Å². The van der Waals surface area contributed by atoms with Gasteiger partial charge in [-0.2, -0.15) is 0 Å². The third-order valence-electron chi connectivity index (χ3n) is 4.93. The molecule has 1 aromatic rings. The van der Waals surface area contributed by atoms with Gasteiger partial charge in [0.15, 0.2) is 0 Å². The first kappa shape index (κ1) is 18.9. The van der Waals surface area contributed by atoms with E-state index in [2.05, 4.69) is 0 Å². The van der Waals surface area contributed by atoms with Crippen molar-refractivity contribution < 1.29 is 24.3 Å². The monoisotopic (exact) mass is 337 g/mol. The van der Waals surface area contributed by atoms with Crippen LogP contribution in [0.15, 0.2) is 12.1 Å². The Kier molecular flexibility index (Phi) is 6.01. The predicted octanol–water partition coefficient (Wildman–Crippen LogP) is 2.07. The van der Waals surface area contributed by atoms with Crippen molar-refractivity contribution in [3.05, 3.63) is 34.6 Å². The molecule has 0 fully saturated rings. The smallest absolute Gasteiger partial charge is 0.451 e. The quantitative estimate of drug-likeness (QED) is 0.570. The lowest BCUT2D eigenvalue weighted by molar-refractivity contribution is -0.139. The van der Waals surface area contributed by atoms with Gasteiger partial charge in [-0.15, -0.1) is 0 Å². The number of hydrogen-bond donors (Lipinski definition) is 4. The van der Waals surface area contributed by atoms with Gasteiger partial charge in [0, 0.05) is 11.6 Å². The standard InChI is InChI=1S/C17H25BFNO4/c1-9(2)16(20)13-8-12-11(7-14(13)19)6-10(15(12)17(21)22)4-3-5-18(23)24/h7-10,15-16,23-24H,3-6,20H2,1-2H3,(H,21,22)/t10-,15-,16?/m0/s1. The summed E-state index contributed by atoms with van der Waals surface area (Å²) in [4.78, 5) is 11.7. The minimum atomic E-state index is -1.38. The van der Waals surface area contributed by atoms with Crippen molar-refractivity contribution in [3.8, 4) is 0 Å². The van der Waals surface area contributed by atoms with Gasteiger partial charge in [0.05, 0.1) is 5.92 Å². The molecular weight excluding hydrogens is 312 g/mol. The van der Waals surface area contributed by atoms with Gasteiger partial charge in [-0.3, -0.25) is 4.79 Å². The molecule has 0 saturated heterocycles. The minimum Gasteiger partial charge on any atom is -0.481 e. The molecule has 0 aromatic heterocycles. The maximum Gasteiger partial charge on any atom is 0.451 e. The Labute approximate surface area is 141 Å². The molecule has 0 aliphatic heterocycles. The summed E-state index contributed by atoms with van der Waals surface area (Å²) in [6.07, 6.45) is 1.76. The summed E-state index contributed by atoms with van der Waals surface area (Å²) >= 11 is 0. The number of fused-ring (bicyclic) bond motifs is 1. The fraction of sp³-hybridized carbons (Fsp3) is 0.588. The second-order valence-corrected chi connectivity index (χ2v) is 7.03. The summed E-state index contributed by atoms with van der Waals surface area (Å²) < 4.78 is 14.4. The zero-order valence-electron chi connectivity index (χ0n) is 14.1. The van der Waals surface area contributed by atoms with Crippen LogP contribution in [-0.2, 0) is 11.2 Å². The van der Waals surface area contributed by atoms with Gasteiger partial charge in [-0.05, 0) is 48.2 Å². The van der Waals surface area contributed by atoms with Crippen LogP contribution in [0.2, 0.25) is 6.32 Å². The summed E-state index contributed by atoms with van der Waals surface area (Å²) in [5.41, 5.74) is 7.78. The Bertz CT molecular complexity index is 608. The lowest BCUT2D eigenvalue weighted by Crippen LogP contribution is -2.20. The molecule has 24 heavy (non-hydrogen) atoms. The maximum atomic E-state index is 14.4. The Hall–Kier alpha value is -1.44. The van der Waals surface area contributed by atoms with Gasteiger partial charge >= 0.3 is 13.1 Å². The molecule has 0 saturated carbocycles. The summed E-state index contributed by atoms with van der Waals surface area (Å²) in [7, 11) is -1.38. The van der Waals surface area contributed by atoms with E-state index in [0.29, 0.717) is 36.0 Å². The second kappa shape index (κ2) is 7.63. The van der Waals surface area contributed by atoms with Gasteiger partial charge in [0.2, 0.25) is 0 Å². The molecule has 0 spiro atoms. The van der Waals surface area contributed by atoms with Gasteiger partial charge in [-0.25, -0.2) is 4.39 Å². The highest BCUT2D eigenvalue weighted by Gasteiger charge is 2.38. The zero-order valence-corrected chi connectivity index (χ0v) is 14.1. The number of carbonyl (C=O) groups is 1. The topological polar surface area (TPSA) is 104 Å². The molecule has 2 rings (SSSR count). The molecular formula is C17H25BFNO4. The number of hydrogen-bond acceptors (Lipinski definition) is 4. The zero-order chi connectivity index (χ0) is 18.0. The molecule has 1 unspecified atom stereocenters. The van der Waals surface area contributed by atoms with E-state index in [1.54, 1.807) is 6.07 Å². The van der Waals surface area contributed by atoms with Gasteiger partial charge in [-0.1, -0.05) is 26.3 Å². The molecule has 7 heteroatoms. The van der Waals surface area contributed by atoms with Crippen LogP contribution < -0.4 is 5.73 Å². The van der Waals surface area contributed by atoms with E-state index < -0.39 is 25.0 Å². The molecule has 1 aromatic carbocycles. The highest BCUT2D eigenvalue weighted by molar-refractivity contribution is 6.40. The third kappa shape index (κ3) is 3.96. The number of carboxylic acids is 1. The van der Waals surface area contributed by atoms with Crippen molar-refractivity contribution in [1.82, 2.24) is 0 Å². The summed E-state index contributed by atoms with van der Waals surface area (Å²) in [5, 5.41) is 27.5. The highest BCUT2D eigenvalue weighted by Crippen LogP contribution is 2.42. The number of halogens is 1. The van der Waals surface area contributed by atoms with E-state index in [1.807, 2.05) is 13.8 Å². The van der Waals surface area contributed by atoms with Crippen LogP contribution in [0, 0.1) is 17.7 Å². The Morgan fingerprint density at radius 3 is 2.62 bits per heavy atom. The first-order valence-electron chi connectivity index (χ1n) is 8.39. The first-order valence-corrected chi connectivity index (χ1v) is 8.39. The largest absolute Gasteiger partial charge is 0.481 e. The molecule has 1 aliphatic rings. The SMILES string of the molecule is CC(C)C(N)c1cc2c(cc1F)C[C@H](CCCB(O)O)[C@@H]2C(=O)O. The number of carboxylic acid groups (broad SMARTS) is 1. The second-order valence-electron chi connectivity index (χ2n) is 7.03. The molecule has 5 N–H and O–H groups in total. The normalized spacial score (nSPS) is 21.0. The van der Waals surface area contributed by atoms with E-state index in [4.69, 9.17) is 15.8 Å². The van der Waals surface area contributed by atoms with Crippen LogP contribution in [0.25, 0.3) is 0 Å². The first-order chi connectivity index (χ1) is 11.2. The predicted molar refractivity (Wildman–Crippen MR) is 90.0 cm³/mol. The molecule has 0 radical (unpaired) electrons. The average molecular weight is 337 g/mol. The summed E-state index contributed by atoms with van der Waals surface area (Å²) in [5.74, 6) is -2.13. The molecule has 3 atom stereocenters. The van der Waals surface area contributed by atoms with Crippen LogP contribution in [0.1, 0.15) is 55.3 Å². The average Bonchev–Trinajstić information content (AvgIpc) is 2.82. The maximum absolute atomic E-state index is 14.4. The highest BCUT2D eigenvalue weighted by atomic mass is 19.1. The van der Waals surface area contributed by atoms with Crippen LogP contribution in [0.4, 0.5) is 4.39 Å². The fourth-order valence-corrected chi connectivity index (χ4v) is 3.55. The molecule has 1 aliphatic carbocycles. The van der Waals surface area contributed by atoms with E-state index in [9.17, 15) is 14.3 Å². The van der Waals surface area contributed by atoms with Crippen molar-refractivity contribution in [2.24, 2.45) is 17.6 Å². The van der Waals surface area contributed by atoms with E-state index in [-0.39, 0.29) is 24.0 Å². The lowest BCUT2D eigenvalue weighted by Gasteiger charge is -2.20. The fourth-order valence-electron chi connectivity index (χ4n) is 3.55. The van der Waals surface area contributed by atoms with Crippen molar-refractivity contribution in [1.29, 1.82) is 0 Å². The summed E-state index contributed by atoms with van der Waals surface area (Å²) in [6, 6.07) is 2.56. The van der Waals surface area contributed by atoms with Crippen LogP contribution in [0.5, 0.6) is 0 Å². The van der Waals surface area contributed by atoms with E-state index in [1.165, 1.54) is 6.07 Å². The minimum absolute atomic E-state index is 0.0454. The van der Waals surface area contributed by atoms with Crippen molar-refractivity contribution in [2.75, 3.05) is 0 Å². The molecule has 132 valence electrons. The van der Waals surface area contributed by atoms with E-state index >= 15 is 0 Å². The van der Waals surface area contributed by atoms with Crippen molar-refractivity contribution in [2.45, 2.75) is 51.4 Å². The van der Waals surface area contributed by atoms with Crippen LogP contribution in [0.3, 0.4) is 0 Å². The molecule has 0 bridgehead atoms. The van der Waals surface area contributed by atoms with Crippen molar-refractivity contribution >= 4 is 13.1 Å². The number of rotatable bonds is 7. The van der Waals surface area contributed by atoms with Crippen molar-refractivity contribution in [3.63, 3.8) is 0 Å². The van der Waals surface area contributed by atoms with Gasteiger partial charge in [0.1, 0.15) is 5.82 Å². The van der Waals surface area contributed by atoms with Crippen LogP contribution >= 0.6 is 0 Å². The Morgan fingerprint density at radius 1 is 1.42 bits per heavy atom.